The minimum absolute atomic E-state index is 0.263. The molecular formula is C14H24N8O2. The number of imidazole rings is 1. The third-order valence-corrected chi connectivity index (χ3v) is 4.72. The van der Waals surface area contributed by atoms with E-state index in [-0.39, 0.29) is 11.2 Å². The Morgan fingerprint density at radius 1 is 0.958 bits per heavy atom. The van der Waals surface area contributed by atoms with E-state index in [0.717, 1.165) is 36.8 Å². The fraction of sp³-hybridized carbons (Fsp3) is 0.643. The average Bonchev–Trinajstić information content (AvgIpc) is 2.97. The second-order valence-corrected chi connectivity index (χ2v) is 6.09. The van der Waals surface area contributed by atoms with Gasteiger partial charge in [-0.05, 0) is 12.8 Å². The molecule has 1 fully saturated rings. The molecule has 0 amide bonds. The van der Waals surface area contributed by atoms with E-state index in [1.807, 2.05) is 0 Å². The van der Waals surface area contributed by atoms with E-state index in [0.29, 0.717) is 5.82 Å². The molecule has 10 heteroatoms. The number of nitrogens with one attached hydrogen (secondary N) is 3. The fourth-order valence-corrected chi connectivity index (χ4v) is 3.50. The molecule has 2 heterocycles. The Balaban J connectivity index is 2.40. The largest absolute Gasteiger partial charge is 0.370 e. The first kappa shape index (κ1) is 16.4. The Morgan fingerprint density at radius 2 is 1.54 bits per heavy atom. The lowest BCUT2D eigenvalue weighted by atomic mass is 9.82. The zero-order valence-electron chi connectivity index (χ0n) is 14.2. The van der Waals surface area contributed by atoms with E-state index in [2.05, 4.69) is 21.3 Å². The lowest BCUT2D eigenvalue weighted by Gasteiger charge is -2.32. The van der Waals surface area contributed by atoms with Crippen LogP contribution in [0.15, 0.2) is 9.59 Å². The highest BCUT2D eigenvalue weighted by Gasteiger charge is 2.36. The van der Waals surface area contributed by atoms with Crippen LogP contribution in [0.25, 0.3) is 11.2 Å². The number of nitrogens with zero attached hydrogens (tertiary/aromatic N) is 4. The van der Waals surface area contributed by atoms with Gasteiger partial charge in [-0.1, -0.05) is 19.3 Å². The third-order valence-electron chi connectivity index (χ3n) is 4.72. The van der Waals surface area contributed by atoms with Crippen molar-refractivity contribution in [1.82, 2.24) is 19.0 Å². The SMILES string of the molecule is CNn1c(=O)c2c(nc(C3(N)CCCCC3)n2NC)n(NC)c1=O. The van der Waals surface area contributed by atoms with Gasteiger partial charge < -0.3 is 22.0 Å². The number of nitrogens with two attached hydrogens (primary N) is 1. The molecule has 5 N–H and O–H groups in total. The Kier molecular flexibility index (Phi) is 3.99. The van der Waals surface area contributed by atoms with Gasteiger partial charge in [0.2, 0.25) is 0 Å². The van der Waals surface area contributed by atoms with Crippen LogP contribution < -0.4 is 33.3 Å². The van der Waals surface area contributed by atoms with Crippen molar-refractivity contribution in [2.45, 2.75) is 37.6 Å². The van der Waals surface area contributed by atoms with Crippen LogP contribution in [0.3, 0.4) is 0 Å². The lowest BCUT2D eigenvalue weighted by molar-refractivity contribution is 0.283. The predicted octanol–water partition coefficient (Wildman–Crippen LogP) is -1.00. The van der Waals surface area contributed by atoms with E-state index in [4.69, 9.17) is 5.73 Å². The zero-order chi connectivity index (χ0) is 17.5. The van der Waals surface area contributed by atoms with Gasteiger partial charge in [0.25, 0.3) is 0 Å². The summed E-state index contributed by atoms with van der Waals surface area (Å²) in [6.45, 7) is 0. The molecule has 1 aliphatic rings. The highest BCUT2D eigenvalue weighted by Crippen LogP contribution is 2.34. The molecule has 0 atom stereocenters. The van der Waals surface area contributed by atoms with Crippen molar-refractivity contribution in [3.8, 4) is 0 Å². The van der Waals surface area contributed by atoms with Gasteiger partial charge >= 0.3 is 11.2 Å². The molecule has 0 radical (unpaired) electrons. The van der Waals surface area contributed by atoms with E-state index >= 15 is 0 Å². The molecule has 132 valence electrons. The van der Waals surface area contributed by atoms with Crippen molar-refractivity contribution >= 4 is 11.2 Å². The van der Waals surface area contributed by atoms with Crippen LogP contribution in [0.1, 0.15) is 37.9 Å². The molecule has 2 aromatic heterocycles. The maximum absolute atomic E-state index is 12.7. The number of hydrogen-bond acceptors (Lipinski definition) is 7. The van der Waals surface area contributed by atoms with Crippen LogP contribution in [-0.2, 0) is 5.54 Å². The first-order valence-corrected chi connectivity index (χ1v) is 8.11. The highest BCUT2D eigenvalue weighted by atomic mass is 16.2. The summed E-state index contributed by atoms with van der Waals surface area (Å²) in [6.07, 6.45) is 4.77. The molecule has 0 saturated heterocycles. The Bertz CT molecular complexity index is 871. The number of rotatable bonds is 4. The van der Waals surface area contributed by atoms with Crippen molar-refractivity contribution in [2.24, 2.45) is 5.73 Å². The third kappa shape index (κ3) is 2.17. The first-order chi connectivity index (χ1) is 11.5. The van der Waals surface area contributed by atoms with Crippen molar-refractivity contribution in [1.29, 1.82) is 0 Å². The second-order valence-electron chi connectivity index (χ2n) is 6.09. The molecule has 0 aliphatic heterocycles. The fourth-order valence-electron chi connectivity index (χ4n) is 3.50. The Hall–Kier alpha value is -2.49. The molecule has 0 unspecified atom stereocenters. The topological polar surface area (TPSA) is 124 Å². The normalized spacial score (nSPS) is 17.0. The summed E-state index contributed by atoms with van der Waals surface area (Å²) < 4.78 is 3.77. The molecule has 1 saturated carbocycles. The molecule has 24 heavy (non-hydrogen) atoms. The van der Waals surface area contributed by atoms with Crippen LogP contribution in [-0.4, -0.2) is 40.2 Å². The van der Waals surface area contributed by atoms with E-state index in [9.17, 15) is 9.59 Å². The van der Waals surface area contributed by atoms with Gasteiger partial charge in [0.1, 0.15) is 0 Å². The molecule has 0 bridgehead atoms. The molecule has 0 spiro atoms. The molecule has 3 rings (SSSR count). The summed E-state index contributed by atoms with van der Waals surface area (Å²) in [5, 5.41) is 0. The lowest BCUT2D eigenvalue weighted by Crippen LogP contribution is -2.46. The van der Waals surface area contributed by atoms with Gasteiger partial charge in [-0.2, -0.15) is 9.35 Å². The van der Waals surface area contributed by atoms with Gasteiger partial charge in [-0.3, -0.25) is 4.79 Å². The average molecular weight is 336 g/mol. The van der Waals surface area contributed by atoms with Crippen molar-refractivity contribution < 1.29 is 0 Å². The summed E-state index contributed by atoms with van der Waals surface area (Å²) in [5.41, 5.74) is 13.9. The minimum atomic E-state index is -0.619. The van der Waals surface area contributed by atoms with Gasteiger partial charge in [0.15, 0.2) is 17.0 Å². The van der Waals surface area contributed by atoms with Crippen LogP contribution >= 0.6 is 0 Å². The minimum Gasteiger partial charge on any atom is -0.327 e. The zero-order valence-corrected chi connectivity index (χ0v) is 14.2. The van der Waals surface area contributed by atoms with Crippen LogP contribution in [0.5, 0.6) is 0 Å². The number of hydrogen-bond donors (Lipinski definition) is 4. The van der Waals surface area contributed by atoms with Crippen LogP contribution in [0.4, 0.5) is 0 Å². The molecule has 0 aromatic carbocycles. The number of aromatic nitrogens is 4. The van der Waals surface area contributed by atoms with Crippen molar-refractivity contribution in [3.05, 3.63) is 26.7 Å². The summed E-state index contributed by atoms with van der Waals surface area (Å²) in [7, 11) is 4.82. The highest BCUT2D eigenvalue weighted by molar-refractivity contribution is 5.72. The van der Waals surface area contributed by atoms with E-state index in [1.165, 1.54) is 11.7 Å². The smallest absolute Gasteiger partial charge is 0.327 e. The molecule has 2 aromatic rings. The van der Waals surface area contributed by atoms with Gasteiger partial charge in [0.05, 0.1) is 5.54 Å². The maximum atomic E-state index is 12.7. The Labute approximate surface area is 138 Å². The van der Waals surface area contributed by atoms with E-state index < -0.39 is 16.8 Å². The Morgan fingerprint density at radius 3 is 2.08 bits per heavy atom. The molecule has 1 aliphatic carbocycles. The quantitative estimate of drug-likeness (QED) is 0.564. The summed E-state index contributed by atoms with van der Waals surface area (Å²) in [4.78, 5) is 29.8. The number of fused-ring (bicyclic) bond motifs is 1. The summed E-state index contributed by atoms with van der Waals surface area (Å²) in [5.74, 6) is 0.578. The second kappa shape index (κ2) is 5.86. The maximum Gasteiger partial charge on any atom is 0.370 e. The van der Waals surface area contributed by atoms with Crippen molar-refractivity contribution in [3.63, 3.8) is 0 Å². The first-order valence-electron chi connectivity index (χ1n) is 8.11. The van der Waals surface area contributed by atoms with E-state index in [1.54, 1.807) is 18.8 Å². The monoisotopic (exact) mass is 336 g/mol. The standard InChI is InChI=1S/C14H24N8O2/c1-16-20-9-10(19-12(20)14(15)7-5-4-6-8-14)21(17-2)13(24)22(18-3)11(9)23/h16-18H,4-8,15H2,1-3H3. The summed E-state index contributed by atoms with van der Waals surface area (Å²) in [6, 6.07) is 0. The summed E-state index contributed by atoms with van der Waals surface area (Å²) >= 11 is 0. The van der Waals surface area contributed by atoms with Gasteiger partial charge in [-0.25, -0.2) is 14.5 Å². The van der Waals surface area contributed by atoms with Crippen molar-refractivity contribution in [2.75, 3.05) is 37.4 Å². The predicted molar refractivity (Wildman–Crippen MR) is 93.1 cm³/mol. The van der Waals surface area contributed by atoms with Gasteiger partial charge in [-0.15, -0.1) is 0 Å². The van der Waals surface area contributed by atoms with Crippen LogP contribution in [0, 0.1) is 0 Å². The van der Waals surface area contributed by atoms with Gasteiger partial charge in [0, 0.05) is 21.1 Å². The molecule has 10 nitrogen and oxygen atoms in total. The molecular weight excluding hydrogens is 312 g/mol. The van der Waals surface area contributed by atoms with Crippen LogP contribution in [0.2, 0.25) is 0 Å².